The first-order chi connectivity index (χ1) is 40.9. The van der Waals surface area contributed by atoms with Crippen LogP contribution in [0.25, 0.3) is 22.3 Å². The monoisotopic (exact) mass is 1220 g/mol. The Bertz CT molecular complexity index is 3030. The molecule has 86 heavy (non-hydrogen) atoms. The molecule has 14 N–H and O–H groups in total. The molecule has 4 aromatic rings. The first kappa shape index (κ1) is 66.0. The number of rotatable bonds is 17. The molecule has 3 aliphatic heterocycles. The number of hydrogen-bond donors (Lipinski definition) is 14. The van der Waals surface area contributed by atoms with Crippen LogP contribution >= 0.6 is 8.25 Å². The van der Waals surface area contributed by atoms with Gasteiger partial charge in [0.1, 0.15) is 60.3 Å². The van der Waals surface area contributed by atoms with Crippen LogP contribution in [0.5, 0.6) is 11.5 Å². The van der Waals surface area contributed by atoms with Crippen LogP contribution < -0.4 is 35.8 Å². The number of carbonyl (C=O) groups is 7. The lowest BCUT2D eigenvalue weighted by atomic mass is 9.96. The topological polar surface area (TPSA) is 413 Å². The largest absolute Gasteiger partial charge is 0.781 e. The molecule has 4 aromatic carbocycles. The number of hydrogen-bond acceptors (Lipinski definition) is 20. The maximum Gasteiger partial charge on any atom is 0.781 e. The molecule has 7 rings (SSSR count). The molecular weight excluding hydrogens is 1150 g/mol. The Hall–Kier alpha value is -7.53. The Morgan fingerprint density at radius 3 is 1.73 bits per heavy atom. The molecule has 3 heterocycles. The Morgan fingerprint density at radius 1 is 0.651 bits per heavy atom. The minimum absolute atomic E-state index is 0.00567. The number of aliphatic hydroxyl groups excluding tert-OH is 8. The summed E-state index contributed by atoms with van der Waals surface area (Å²) in [6.45, 7) is 5.33. The molecule has 7 amide bonds. The molecule has 3 saturated heterocycles. The molecule has 0 saturated carbocycles. The highest BCUT2D eigenvalue weighted by atomic mass is 31.1. The van der Waals surface area contributed by atoms with E-state index in [2.05, 4.69) is 38.2 Å². The molecule has 28 heteroatoms. The third kappa shape index (κ3) is 16.1. The summed E-state index contributed by atoms with van der Waals surface area (Å²) in [4.78, 5) is 102. The fourth-order valence-electron chi connectivity index (χ4n) is 10.4. The second-order valence-corrected chi connectivity index (χ2v) is 22.5. The number of amides is 7. The highest BCUT2D eigenvalue weighted by molar-refractivity contribution is 7.33. The summed E-state index contributed by atoms with van der Waals surface area (Å²) in [5.74, 6) is -8.87. The van der Waals surface area contributed by atoms with Crippen LogP contribution in [0.1, 0.15) is 81.8 Å². The molecule has 0 bridgehead atoms. The van der Waals surface area contributed by atoms with Crippen LogP contribution in [0.3, 0.4) is 0 Å². The lowest BCUT2D eigenvalue weighted by Gasteiger charge is -2.34. The van der Waals surface area contributed by atoms with Gasteiger partial charge in [-0.1, -0.05) is 87.4 Å². The average molecular weight is 1220 g/mol. The van der Waals surface area contributed by atoms with Gasteiger partial charge in [0.25, 0.3) is 5.91 Å². The minimum Gasteiger partial charge on any atom is -0.494 e. The van der Waals surface area contributed by atoms with Crippen molar-refractivity contribution >= 4 is 49.6 Å². The third-order valence-electron chi connectivity index (χ3n) is 15.3. The molecule has 3 aliphatic rings. The van der Waals surface area contributed by atoms with E-state index in [4.69, 9.17) is 14.5 Å². The van der Waals surface area contributed by atoms with Gasteiger partial charge >= 0.3 is 8.25 Å². The van der Waals surface area contributed by atoms with Crippen molar-refractivity contribution in [2.24, 2.45) is 5.92 Å². The number of unbranched alkanes of at least 4 members (excludes halogenated alkanes) is 2. The first-order valence-corrected chi connectivity index (χ1v) is 29.1. The Morgan fingerprint density at radius 2 is 1.17 bits per heavy atom. The summed E-state index contributed by atoms with van der Waals surface area (Å²) in [7, 11) is -3.03. The molecule has 464 valence electrons. The fraction of sp³-hybridized carbons (Fsp3) is 0.466. The van der Waals surface area contributed by atoms with Crippen LogP contribution in [0, 0.1) is 5.92 Å². The fourth-order valence-corrected chi connectivity index (χ4v) is 10.7. The van der Waals surface area contributed by atoms with Gasteiger partial charge in [-0.3, -0.25) is 33.6 Å². The highest BCUT2D eigenvalue weighted by Crippen LogP contribution is 2.32. The van der Waals surface area contributed by atoms with E-state index < -0.39 is 167 Å². The second-order valence-electron chi connectivity index (χ2n) is 21.7. The number of benzene rings is 4. The maximum atomic E-state index is 14.5. The van der Waals surface area contributed by atoms with Crippen molar-refractivity contribution < 1.29 is 98.2 Å². The predicted molar refractivity (Wildman–Crippen MR) is 304 cm³/mol. The summed E-state index contributed by atoms with van der Waals surface area (Å²) < 4.78 is 25.9. The number of fused-ring (bicyclic) bond motifs is 2. The minimum atomic E-state index is -3.03. The molecule has 0 aromatic heterocycles. The Balaban J connectivity index is 1.18. The van der Waals surface area contributed by atoms with Crippen LogP contribution in [-0.2, 0) is 38.0 Å². The normalized spacial score (nSPS) is 26.9. The number of ether oxygens (including phenoxy) is 1. The zero-order chi connectivity index (χ0) is 62.7. The summed E-state index contributed by atoms with van der Waals surface area (Å²) in [5.41, 5.74) is 3.22. The van der Waals surface area contributed by atoms with Crippen LogP contribution in [0.15, 0.2) is 97.1 Å². The zero-order valence-electron chi connectivity index (χ0n) is 47.4. The van der Waals surface area contributed by atoms with Crippen molar-refractivity contribution in [2.75, 3.05) is 19.7 Å². The standard InChI is InChI=1S/C58H72N7O20P/c1-5-6-7-24-83-39-20-16-35(17-21-39)33-10-8-32(9-11-33)34-12-14-37(15-13-34)51(73)59-41-26-43(69)54(76)63-56(78)47-48(70)29(2)27-65(47)58(80)45(31(4)67)61-55(77)46(50(72)49(71)36-18-22-40(23-19-36)84-86(82)85-81)62-53(75)42-25-38(68)28-64(42)57(79)44(30(3)66)60-52(41)74/h8-23,29-31,38,41-50,54,66-72,76H,5-7,24-28H2,1-4H3,(H5-,59,60,61,62,63,73,74,75,77,78,81)/p+1/t29-,30+,31+,38+,41?,42-,43+,44-,45-,46-,47-,48-,49-,50-,54+/m0/s1. The number of aliphatic hydroxyl groups is 8. The first-order valence-electron chi connectivity index (χ1n) is 28.0. The van der Waals surface area contributed by atoms with Crippen molar-refractivity contribution in [1.82, 2.24) is 36.4 Å². The van der Waals surface area contributed by atoms with E-state index in [1.54, 1.807) is 12.1 Å². The maximum absolute atomic E-state index is 14.5. The van der Waals surface area contributed by atoms with Gasteiger partial charge < -0.3 is 82.0 Å². The van der Waals surface area contributed by atoms with Crippen LogP contribution in [0.4, 0.5) is 0 Å². The van der Waals surface area contributed by atoms with Crippen molar-refractivity contribution in [1.29, 1.82) is 0 Å². The second kappa shape index (κ2) is 29.7. The molecular formula is C58H73N7O20P+. The molecule has 2 unspecified atom stereocenters. The van der Waals surface area contributed by atoms with Crippen LogP contribution in [-0.4, -0.2) is 196 Å². The van der Waals surface area contributed by atoms with Gasteiger partial charge in [0.2, 0.25) is 35.4 Å². The number of nitrogens with one attached hydrogen (secondary N) is 5. The molecule has 16 atom stereocenters. The quantitative estimate of drug-likeness (QED) is 0.0284. The molecule has 0 spiro atoms. The zero-order valence-corrected chi connectivity index (χ0v) is 48.3. The van der Waals surface area contributed by atoms with E-state index >= 15 is 0 Å². The number of nitrogens with zero attached hydrogens (tertiary/aromatic N) is 2. The van der Waals surface area contributed by atoms with Crippen molar-refractivity contribution in [2.45, 2.75) is 145 Å². The van der Waals surface area contributed by atoms with Gasteiger partial charge in [-0.2, -0.15) is 0 Å². The van der Waals surface area contributed by atoms with E-state index in [1.165, 1.54) is 19.1 Å². The lowest BCUT2D eigenvalue weighted by molar-refractivity contribution is -0.148. The number of carbonyl (C=O) groups excluding carboxylic acids is 7. The smallest absolute Gasteiger partial charge is 0.494 e. The van der Waals surface area contributed by atoms with Crippen molar-refractivity contribution in [3.63, 3.8) is 0 Å². The van der Waals surface area contributed by atoms with E-state index in [1.807, 2.05) is 48.5 Å². The molecule has 0 aliphatic carbocycles. The van der Waals surface area contributed by atoms with E-state index in [0.29, 0.717) is 12.2 Å². The van der Waals surface area contributed by atoms with Crippen LogP contribution in [0.2, 0.25) is 0 Å². The summed E-state index contributed by atoms with van der Waals surface area (Å²) in [6, 6.07) is 14.2. The van der Waals surface area contributed by atoms with Gasteiger partial charge in [0, 0.05) is 42.0 Å². The Labute approximate surface area is 495 Å². The van der Waals surface area contributed by atoms with E-state index in [-0.39, 0.29) is 16.9 Å². The lowest BCUT2D eigenvalue weighted by Crippen LogP contribution is -2.64. The van der Waals surface area contributed by atoms with E-state index in [9.17, 15) is 79.0 Å². The SMILES string of the molecule is CCCCCOc1ccc(-c2ccc(-c3ccc(C(=O)NC4C[C@@H](O)[C@@H](O)NC(=O)[C@@H]5[C@@H](O)[C@@H](C)CN5C(=O)[C@H]([C@@H](C)O)NC(=O)[C@H]([C@H](O)[C@@H](O)c5ccc(O[P+](=O)OO)cc5)NC(=O)[C@@H]5C[C@@H](O)CN5C(=O)[C@H]([C@@H](C)O)NC4=O)cc3)cc2)cc1. The highest BCUT2D eigenvalue weighted by Gasteiger charge is 2.50. The predicted octanol–water partition coefficient (Wildman–Crippen LogP) is -0.107. The average Bonchev–Trinajstić information content (AvgIpc) is 2.12. The van der Waals surface area contributed by atoms with Gasteiger partial charge in [-0.25, -0.2) is 9.78 Å². The molecule has 27 nitrogen and oxygen atoms in total. The Kier molecular flexibility index (Phi) is 22.8. The van der Waals surface area contributed by atoms with E-state index in [0.717, 1.165) is 89.6 Å². The summed E-state index contributed by atoms with van der Waals surface area (Å²) >= 11 is 0. The van der Waals surface area contributed by atoms with Gasteiger partial charge in [0.15, 0.2) is 12.0 Å². The molecule has 0 radical (unpaired) electrons. The summed E-state index contributed by atoms with van der Waals surface area (Å²) in [5, 5.41) is 110. The van der Waals surface area contributed by atoms with Gasteiger partial charge in [-0.05, 0) is 84.5 Å². The van der Waals surface area contributed by atoms with Gasteiger partial charge in [0.05, 0.1) is 35.7 Å². The van der Waals surface area contributed by atoms with Gasteiger partial charge in [-0.15, -0.1) is 0 Å². The third-order valence-corrected chi connectivity index (χ3v) is 15.8. The molecule has 3 fully saturated rings. The van der Waals surface area contributed by atoms with Crippen molar-refractivity contribution in [3.05, 3.63) is 108 Å². The summed E-state index contributed by atoms with van der Waals surface area (Å²) in [6.07, 6.45) is -14.1. The van der Waals surface area contributed by atoms with Crippen molar-refractivity contribution in [3.8, 4) is 33.8 Å².